The van der Waals surface area contributed by atoms with Crippen molar-refractivity contribution in [1.82, 2.24) is 4.90 Å². The number of carbonyl (C=O) groups is 1. The van der Waals surface area contributed by atoms with Crippen molar-refractivity contribution < 1.29 is 14.3 Å². The van der Waals surface area contributed by atoms with E-state index in [1.54, 1.807) is 0 Å². The van der Waals surface area contributed by atoms with Crippen LogP contribution in [0.1, 0.15) is 73.5 Å². The molecule has 2 saturated heterocycles. The molecule has 1 unspecified atom stereocenters. The number of carbonyl (C=O) groups excluding carboxylic acids is 1. The molecule has 4 heteroatoms. The van der Waals surface area contributed by atoms with Gasteiger partial charge in [-0.1, -0.05) is 30.3 Å². The van der Waals surface area contributed by atoms with E-state index in [0.717, 1.165) is 55.6 Å². The fraction of sp³-hybridized carbons (Fsp3) is 0.500. The van der Waals surface area contributed by atoms with Crippen LogP contribution in [0.3, 0.4) is 0 Å². The minimum Gasteiger partial charge on any atom is -0.491 e. The molecule has 0 aromatic heterocycles. The average molecular weight is 408 g/mol. The number of hydrogen-bond acceptors (Lipinski definition) is 3. The lowest BCUT2D eigenvalue weighted by Crippen LogP contribution is -2.49. The van der Waals surface area contributed by atoms with E-state index in [-0.39, 0.29) is 23.7 Å². The SMILES string of the molecule is Cc1cc(C(=O)N2CCC3(CCCC(c4ccccc4)O3)CC2)ccc1OC(C)C. The van der Waals surface area contributed by atoms with Gasteiger partial charge in [0.15, 0.2) is 0 Å². The summed E-state index contributed by atoms with van der Waals surface area (Å²) in [4.78, 5) is 15.1. The molecule has 0 bridgehead atoms. The first-order valence-electron chi connectivity index (χ1n) is 11.3. The molecule has 1 atom stereocenters. The molecular weight excluding hydrogens is 374 g/mol. The standard InChI is InChI=1S/C26H33NO3/c1-19(2)29-23-12-11-22(18-20(23)3)25(28)27-16-14-26(15-17-27)13-7-10-24(30-26)21-8-5-4-6-9-21/h4-6,8-9,11-12,18-19,24H,7,10,13-17H2,1-3H3. The molecule has 2 aliphatic rings. The smallest absolute Gasteiger partial charge is 0.253 e. The van der Waals surface area contributed by atoms with Crippen molar-refractivity contribution in [3.63, 3.8) is 0 Å². The van der Waals surface area contributed by atoms with Gasteiger partial charge in [0, 0.05) is 18.7 Å². The van der Waals surface area contributed by atoms with Crippen molar-refractivity contribution in [1.29, 1.82) is 0 Å². The Balaban J connectivity index is 1.39. The molecule has 160 valence electrons. The molecule has 2 aromatic carbocycles. The summed E-state index contributed by atoms with van der Waals surface area (Å²) in [5.74, 6) is 0.959. The second kappa shape index (κ2) is 8.81. The van der Waals surface area contributed by atoms with Gasteiger partial charge in [0.1, 0.15) is 5.75 Å². The predicted octanol–water partition coefficient (Wildman–Crippen LogP) is 5.70. The third kappa shape index (κ3) is 4.54. The van der Waals surface area contributed by atoms with Crippen LogP contribution in [0, 0.1) is 6.92 Å². The van der Waals surface area contributed by atoms with Crippen LogP contribution in [0.25, 0.3) is 0 Å². The molecule has 1 amide bonds. The summed E-state index contributed by atoms with van der Waals surface area (Å²) < 4.78 is 12.5. The van der Waals surface area contributed by atoms with Crippen molar-refractivity contribution in [2.75, 3.05) is 13.1 Å². The van der Waals surface area contributed by atoms with Crippen LogP contribution in [0.4, 0.5) is 0 Å². The molecule has 2 aliphatic heterocycles. The number of ether oxygens (including phenoxy) is 2. The predicted molar refractivity (Wildman–Crippen MR) is 119 cm³/mol. The zero-order valence-corrected chi connectivity index (χ0v) is 18.4. The molecule has 2 heterocycles. The van der Waals surface area contributed by atoms with E-state index in [4.69, 9.17) is 9.47 Å². The maximum Gasteiger partial charge on any atom is 0.253 e. The Hall–Kier alpha value is -2.33. The van der Waals surface area contributed by atoms with Crippen molar-refractivity contribution in [3.05, 3.63) is 65.2 Å². The van der Waals surface area contributed by atoms with Crippen LogP contribution in [-0.2, 0) is 4.74 Å². The van der Waals surface area contributed by atoms with Gasteiger partial charge in [-0.15, -0.1) is 0 Å². The summed E-state index contributed by atoms with van der Waals surface area (Å²) >= 11 is 0. The van der Waals surface area contributed by atoms with Gasteiger partial charge in [0.2, 0.25) is 0 Å². The maximum atomic E-state index is 13.1. The van der Waals surface area contributed by atoms with Crippen LogP contribution >= 0.6 is 0 Å². The Morgan fingerprint density at radius 3 is 2.50 bits per heavy atom. The van der Waals surface area contributed by atoms with E-state index in [1.165, 1.54) is 12.0 Å². The summed E-state index contributed by atoms with van der Waals surface area (Å²) in [6, 6.07) is 16.3. The number of amides is 1. The maximum absolute atomic E-state index is 13.1. The average Bonchev–Trinajstić information content (AvgIpc) is 2.76. The number of rotatable bonds is 4. The van der Waals surface area contributed by atoms with E-state index < -0.39 is 0 Å². The summed E-state index contributed by atoms with van der Waals surface area (Å²) in [6.07, 6.45) is 5.49. The second-order valence-corrected chi connectivity index (χ2v) is 9.03. The van der Waals surface area contributed by atoms with Crippen LogP contribution in [0.5, 0.6) is 5.75 Å². The van der Waals surface area contributed by atoms with Crippen LogP contribution < -0.4 is 4.74 Å². The monoisotopic (exact) mass is 407 g/mol. The third-order valence-corrected chi connectivity index (χ3v) is 6.41. The number of piperidine rings is 1. The highest BCUT2D eigenvalue weighted by molar-refractivity contribution is 5.94. The summed E-state index contributed by atoms with van der Waals surface area (Å²) in [6.45, 7) is 7.53. The van der Waals surface area contributed by atoms with Gasteiger partial charge >= 0.3 is 0 Å². The quantitative estimate of drug-likeness (QED) is 0.653. The first-order valence-corrected chi connectivity index (χ1v) is 11.3. The van der Waals surface area contributed by atoms with Gasteiger partial charge in [0.05, 0.1) is 17.8 Å². The van der Waals surface area contributed by atoms with Gasteiger partial charge in [-0.05, 0) is 82.2 Å². The van der Waals surface area contributed by atoms with E-state index >= 15 is 0 Å². The van der Waals surface area contributed by atoms with Crippen LogP contribution in [0.15, 0.2) is 48.5 Å². The lowest BCUT2D eigenvalue weighted by Gasteiger charge is -2.46. The van der Waals surface area contributed by atoms with Gasteiger partial charge in [-0.25, -0.2) is 0 Å². The molecule has 30 heavy (non-hydrogen) atoms. The lowest BCUT2D eigenvalue weighted by molar-refractivity contribution is -0.152. The fourth-order valence-corrected chi connectivity index (χ4v) is 4.77. The number of hydrogen-bond donors (Lipinski definition) is 0. The normalized spacial score (nSPS) is 21.1. The third-order valence-electron chi connectivity index (χ3n) is 6.41. The topological polar surface area (TPSA) is 38.8 Å². The molecule has 0 radical (unpaired) electrons. The molecule has 1 spiro atoms. The molecule has 0 saturated carbocycles. The first-order chi connectivity index (χ1) is 14.5. The van der Waals surface area contributed by atoms with E-state index in [0.29, 0.717) is 0 Å². The summed E-state index contributed by atoms with van der Waals surface area (Å²) in [7, 11) is 0. The fourth-order valence-electron chi connectivity index (χ4n) is 4.77. The van der Waals surface area contributed by atoms with Crippen molar-refractivity contribution in [2.45, 2.75) is 70.7 Å². The molecule has 4 rings (SSSR count). The van der Waals surface area contributed by atoms with E-state index in [9.17, 15) is 4.79 Å². The highest BCUT2D eigenvalue weighted by Gasteiger charge is 2.41. The molecule has 2 aromatic rings. The van der Waals surface area contributed by atoms with Gasteiger partial charge < -0.3 is 14.4 Å². The molecule has 2 fully saturated rings. The van der Waals surface area contributed by atoms with Crippen molar-refractivity contribution in [2.24, 2.45) is 0 Å². The molecule has 0 N–H and O–H groups in total. The van der Waals surface area contributed by atoms with E-state index in [1.807, 2.05) is 43.9 Å². The Morgan fingerprint density at radius 2 is 1.83 bits per heavy atom. The van der Waals surface area contributed by atoms with Crippen LogP contribution in [-0.4, -0.2) is 35.6 Å². The largest absolute Gasteiger partial charge is 0.491 e. The zero-order valence-electron chi connectivity index (χ0n) is 18.4. The Labute approximate surface area is 180 Å². The Morgan fingerprint density at radius 1 is 1.10 bits per heavy atom. The molecule has 0 aliphatic carbocycles. The lowest BCUT2D eigenvalue weighted by atomic mass is 9.82. The summed E-state index contributed by atoms with van der Waals surface area (Å²) in [5, 5.41) is 0. The van der Waals surface area contributed by atoms with Crippen LogP contribution in [0.2, 0.25) is 0 Å². The number of likely N-dealkylation sites (tertiary alicyclic amines) is 1. The van der Waals surface area contributed by atoms with E-state index in [2.05, 4.69) is 30.3 Å². The number of aryl methyl sites for hydroxylation is 1. The Bertz CT molecular complexity index is 869. The minimum absolute atomic E-state index is 0.0829. The Kier molecular flexibility index (Phi) is 6.14. The van der Waals surface area contributed by atoms with Gasteiger partial charge in [-0.2, -0.15) is 0 Å². The molecular formula is C26H33NO3. The first kappa shape index (κ1) is 20.9. The molecule has 4 nitrogen and oxygen atoms in total. The minimum atomic E-state index is -0.0829. The van der Waals surface area contributed by atoms with Gasteiger partial charge in [-0.3, -0.25) is 4.79 Å². The number of nitrogens with zero attached hydrogens (tertiary/aromatic N) is 1. The zero-order chi connectivity index (χ0) is 21.1. The van der Waals surface area contributed by atoms with Crippen molar-refractivity contribution >= 4 is 5.91 Å². The van der Waals surface area contributed by atoms with Gasteiger partial charge in [0.25, 0.3) is 5.91 Å². The summed E-state index contributed by atoms with van der Waals surface area (Å²) in [5.41, 5.74) is 2.94. The number of benzene rings is 2. The highest BCUT2D eigenvalue weighted by atomic mass is 16.5. The second-order valence-electron chi connectivity index (χ2n) is 9.03. The van der Waals surface area contributed by atoms with Crippen molar-refractivity contribution in [3.8, 4) is 5.75 Å². The highest BCUT2D eigenvalue weighted by Crippen LogP contribution is 2.42.